The lowest BCUT2D eigenvalue weighted by Gasteiger charge is -2.25. The van der Waals surface area contributed by atoms with Crippen molar-refractivity contribution in [2.24, 2.45) is 5.92 Å². The Morgan fingerprint density at radius 2 is 1.80 bits per heavy atom. The zero-order valence-electron chi connectivity index (χ0n) is 7.40. The van der Waals surface area contributed by atoms with Crippen LogP contribution >= 0.6 is 0 Å². The van der Waals surface area contributed by atoms with Crippen molar-refractivity contribution in [3.8, 4) is 0 Å². The SMILES string of the molecule is BC1CCC(CCC)CC1. The van der Waals surface area contributed by atoms with E-state index in [0.717, 1.165) is 11.7 Å². The first-order chi connectivity index (χ1) is 4.83. The lowest BCUT2D eigenvalue weighted by atomic mass is 9.71. The molecule has 1 fully saturated rings. The second-order valence-corrected chi connectivity index (χ2v) is 3.91. The van der Waals surface area contributed by atoms with Gasteiger partial charge in [-0.15, -0.1) is 0 Å². The van der Waals surface area contributed by atoms with Crippen molar-refractivity contribution in [3.63, 3.8) is 0 Å². The maximum atomic E-state index is 2.39. The van der Waals surface area contributed by atoms with Gasteiger partial charge >= 0.3 is 0 Å². The summed E-state index contributed by atoms with van der Waals surface area (Å²) in [4.78, 5) is 0. The largest absolute Gasteiger partial charge is 0.105 e. The molecule has 1 heteroatoms. The molecule has 1 saturated carbocycles. The van der Waals surface area contributed by atoms with Crippen molar-refractivity contribution in [2.75, 3.05) is 0 Å². The van der Waals surface area contributed by atoms with E-state index in [1.807, 2.05) is 0 Å². The highest BCUT2D eigenvalue weighted by molar-refractivity contribution is 6.11. The van der Waals surface area contributed by atoms with Gasteiger partial charge in [-0.2, -0.15) is 0 Å². The minimum Gasteiger partial charge on any atom is -0.0697 e. The average molecular weight is 138 g/mol. The minimum atomic E-state index is 1.02. The van der Waals surface area contributed by atoms with E-state index in [-0.39, 0.29) is 0 Å². The van der Waals surface area contributed by atoms with Crippen molar-refractivity contribution in [2.45, 2.75) is 51.3 Å². The number of hydrogen-bond acceptors (Lipinski definition) is 0. The van der Waals surface area contributed by atoms with Gasteiger partial charge in [0.2, 0.25) is 0 Å². The summed E-state index contributed by atoms with van der Waals surface area (Å²) in [6.45, 7) is 2.30. The monoisotopic (exact) mass is 138 g/mol. The molecule has 1 rings (SSSR count). The van der Waals surface area contributed by atoms with Gasteiger partial charge in [0.1, 0.15) is 7.85 Å². The van der Waals surface area contributed by atoms with Crippen LogP contribution in [-0.4, -0.2) is 7.85 Å². The van der Waals surface area contributed by atoms with Crippen molar-refractivity contribution < 1.29 is 0 Å². The Labute approximate surface area is 65.8 Å². The predicted molar refractivity (Wildman–Crippen MR) is 49.2 cm³/mol. The molecule has 0 unspecified atom stereocenters. The van der Waals surface area contributed by atoms with Gasteiger partial charge in [0, 0.05) is 0 Å². The third kappa shape index (κ3) is 2.36. The Balaban J connectivity index is 2.13. The van der Waals surface area contributed by atoms with Crippen molar-refractivity contribution >= 4 is 7.85 Å². The third-order valence-electron chi connectivity index (χ3n) is 2.83. The lowest BCUT2D eigenvalue weighted by Crippen LogP contribution is -2.10. The van der Waals surface area contributed by atoms with Gasteiger partial charge in [0.05, 0.1) is 0 Å². The van der Waals surface area contributed by atoms with Crippen LogP contribution in [0.25, 0.3) is 0 Å². The Bertz CT molecular complexity index is 82.7. The Kier molecular flexibility index (Phi) is 3.31. The fourth-order valence-electron chi connectivity index (χ4n) is 2.03. The molecule has 0 nitrogen and oxygen atoms in total. The van der Waals surface area contributed by atoms with E-state index in [1.165, 1.54) is 38.5 Å². The van der Waals surface area contributed by atoms with Gasteiger partial charge in [-0.1, -0.05) is 51.3 Å². The highest BCUT2D eigenvalue weighted by atomic mass is 14.2. The van der Waals surface area contributed by atoms with Crippen LogP contribution in [0.3, 0.4) is 0 Å². The smallest absolute Gasteiger partial charge is 0.0697 e. The normalized spacial score (nSPS) is 34.1. The van der Waals surface area contributed by atoms with Crippen LogP contribution in [0, 0.1) is 5.92 Å². The fraction of sp³-hybridized carbons (Fsp3) is 1.00. The van der Waals surface area contributed by atoms with E-state index < -0.39 is 0 Å². The Morgan fingerprint density at radius 1 is 1.20 bits per heavy atom. The van der Waals surface area contributed by atoms with E-state index in [1.54, 1.807) is 0 Å². The van der Waals surface area contributed by atoms with Gasteiger partial charge < -0.3 is 0 Å². The van der Waals surface area contributed by atoms with E-state index >= 15 is 0 Å². The molecule has 0 aliphatic heterocycles. The molecule has 0 amide bonds. The van der Waals surface area contributed by atoms with Crippen molar-refractivity contribution in [1.29, 1.82) is 0 Å². The summed E-state index contributed by atoms with van der Waals surface area (Å²) in [5, 5.41) is 0. The summed E-state index contributed by atoms with van der Waals surface area (Å²) < 4.78 is 0. The van der Waals surface area contributed by atoms with Crippen LogP contribution in [0.15, 0.2) is 0 Å². The maximum absolute atomic E-state index is 2.39. The Hall–Kier alpha value is 0.0649. The maximum Gasteiger partial charge on any atom is 0.105 e. The van der Waals surface area contributed by atoms with Crippen molar-refractivity contribution in [1.82, 2.24) is 0 Å². The quantitative estimate of drug-likeness (QED) is 0.514. The fourth-order valence-corrected chi connectivity index (χ4v) is 2.03. The second-order valence-electron chi connectivity index (χ2n) is 3.91. The molecule has 0 bridgehead atoms. The Morgan fingerprint density at radius 3 is 2.30 bits per heavy atom. The van der Waals surface area contributed by atoms with Crippen LogP contribution in [0.5, 0.6) is 0 Å². The van der Waals surface area contributed by atoms with Crippen LogP contribution < -0.4 is 0 Å². The summed E-state index contributed by atoms with van der Waals surface area (Å²) in [6, 6.07) is 0. The summed E-state index contributed by atoms with van der Waals surface area (Å²) in [5.74, 6) is 2.11. The first-order valence-electron chi connectivity index (χ1n) is 4.83. The van der Waals surface area contributed by atoms with Gasteiger partial charge in [0.15, 0.2) is 0 Å². The molecule has 0 aromatic heterocycles. The molecule has 0 atom stereocenters. The molecule has 0 aromatic carbocycles. The molecule has 1 aliphatic carbocycles. The average Bonchev–Trinajstić information content (AvgIpc) is 1.95. The molecule has 0 saturated heterocycles. The van der Waals surface area contributed by atoms with Crippen molar-refractivity contribution in [3.05, 3.63) is 0 Å². The van der Waals surface area contributed by atoms with E-state index in [2.05, 4.69) is 14.8 Å². The van der Waals surface area contributed by atoms with Crippen LogP contribution in [-0.2, 0) is 0 Å². The first kappa shape index (κ1) is 8.16. The molecule has 0 aromatic rings. The van der Waals surface area contributed by atoms with Gasteiger partial charge in [-0.05, 0) is 5.92 Å². The molecule has 0 heterocycles. The molecule has 10 heavy (non-hydrogen) atoms. The first-order valence-corrected chi connectivity index (χ1v) is 4.83. The standard InChI is InChI=1S/C9H19B/c1-2-3-8-4-6-9(10)7-5-8/h8-9H,2-7,10H2,1H3. The molecule has 58 valence electrons. The second kappa shape index (κ2) is 4.05. The summed E-state index contributed by atoms with van der Waals surface area (Å²) in [6.07, 6.45) is 8.87. The lowest BCUT2D eigenvalue weighted by molar-refractivity contribution is 0.337. The number of hydrogen-bond donors (Lipinski definition) is 0. The molecule has 0 N–H and O–H groups in total. The highest BCUT2D eigenvalue weighted by Crippen LogP contribution is 2.32. The highest BCUT2D eigenvalue weighted by Gasteiger charge is 2.16. The zero-order valence-corrected chi connectivity index (χ0v) is 7.40. The predicted octanol–water partition coefficient (Wildman–Crippen LogP) is 2.40. The minimum absolute atomic E-state index is 1.02. The summed E-state index contributed by atoms with van der Waals surface area (Å²) in [7, 11) is 2.39. The van der Waals surface area contributed by atoms with Crippen LogP contribution in [0.1, 0.15) is 45.4 Å². The zero-order chi connectivity index (χ0) is 7.40. The summed E-state index contributed by atoms with van der Waals surface area (Å²) >= 11 is 0. The van der Waals surface area contributed by atoms with Gasteiger partial charge in [-0.25, -0.2) is 0 Å². The summed E-state index contributed by atoms with van der Waals surface area (Å²) in [5.41, 5.74) is 0. The topological polar surface area (TPSA) is 0 Å². The molecule has 0 spiro atoms. The van der Waals surface area contributed by atoms with Gasteiger partial charge in [0.25, 0.3) is 0 Å². The van der Waals surface area contributed by atoms with Crippen LogP contribution in [0.4, 0.5) is 0 Å². The number of rotatable bonds is 2. The molecular formula is C9H19B. The van der Waals surface area contributed by atoms with Crippen LogP contribution in [0.2, 0.25) is 5.82 Å². The third-order valence-corrected chi connectivity index (χ3v) is 2.83. The van der Waals surface area contributed by atoms with E-state index in [4.69, 9.17) is 0 Å². The van der Waals surface area contributed by atoms with Gasteiger partial charge in [-0.3, -0.25) is 0 Å². The van der Waals surface area contributed by atoms with E-state index in [0.29, 0.717) is 0 Å². The molecular weight excluding hydrogens is 119 g/mol. The molecule has 0 radical (unpaired) electrons. The van der Waals surface area contributed by atoms with E-state index in [9.17, 15) is 0 Å². The molecule has 1 aliphatic rings.